The zero-order chi connectivity index (χ0) is 13.1. The molecular weight excluding hydrogens is 243 g/mol. The molecule has 1 atom stereocenters. The highest BCUT2D eigenvalue weighted by Crippen LogP contribution is 2.52. The Hall–Kier alpha value is -1.16. The van der Waals surface area contributed by atoms with Crippen molar-refractivity contribution in [2.45, 2.75) is 18.5 Å². The normalized spacial score (nSPS) is 15.1. The van der Waals surface area contributed by atoms with Crippen LogP contribution in [0.4, 0.5) is 0 Å². The van der Waals surface area contributed by atoms with Crippen LogP contribution >= 0.6 is 7.60 Å². The lowest BCUT2D eigenvalue weighted by Gasteiger charge is -2.27. The maximum Gasteiger partial charge on any atom is 0.342 e. The molecule has 1 unspecified atom stereocenters. The van der Waals surface area contributed by atoms with Crippen LogP contribution < -0.4 is 0 Å². The van der Waals surface area contributed by atoms with Gasteiger partial charge in [-0.1, -0.05) is 30.3 Å². The molecule has 0 fully saturated rings. The summed E-state index contributed by atoms with van der Waals surface area (Å²) in [6, 6.07) is 8.68. The summed E-state index contributed by atoms with van der Waals surface area (Å²) < 4.78 is 15.9. The molecule has 0 spiro atoms. The maximum atomic E-state index is 11.6. The lowest BCUT2D eigenvalue weighted by Crippen LogP contribution is -2.38. The van der Waals surface area contributed by atoms with Crippen LogP contribution in [-0.2, 0) is 20.5 Å². The first-order valence-electron chi connectivity index (χ1n) is 4.99. The summed E-state index contributed by atoms with van der Waals surface area (Å²) in [5.74, 6) is -0.908. The van der Waals surface area contributed by atoms with Crippen LogP contribution in [0.5, 0.6) is 0 Å². The van der Waals surface area contributed by atoms with Crippen LogP contribution in [0.1, 0.15) is 12.5 Å². The molecule has 1 aromatic carbocycles. The number of methoxy groups -OCH3 is 1. The fourth-order valence-corrected chi connectivity index (χ4v) is 2.22. The first kappa shape index (κ1) is 13.9. The topological polar surface area (TPSA) is 83.8 Å². The Labute approximate surface area is 99.6 Å². The molecule has 0 bridgehead atoms. The smallest absolute Gasteiger partial charge is 0.342 e. The number of hydrogen-bond acceptors (Lipinski definition) is 3. The fraction of sp³-hybridized carbons (Fsp3) is 0.364. The van der Waals surface area contributed by atoms with Crippen molar-refractivity contribution in [3.05, 3.63) is 35.9 Å². The first-order chi connectivity index (χ1) is 7.81. The lowest BCUT2D eigenvalue weighted by molar-refractivity contribution is -0.143. The summed E-state index contributed by atoms with van der Waals surface area (Å²) in [4.78, 5) is 30.2. The van der Waals surface area contributed by atoms with E-state index in [1.54, 1.807) is 30.3 Å². The molecule has 1 rings (SSSR count). The Kier molecular flexibility index (Phi) is 4.09. The number of hydrogen-bond donors (Lipinski definition) is 2. The second-order valence-electron chi connectivity index (χ2n) is 3.97. The van der Waals surface area contributed by atoms with E-state index in [9.17, 15) is 19.1 Å². The fourth-order valence-electron chi connectivity index (χ4n) is 1.51. The molecule has 0 aliphatic heterocycles. The van der Waals surface area contributed by atoms with Crippen LogP contribution in [-0.4, -0.2) is 28.0 Å². The zero-order valence-electron chi connectivity index (χ0n) is 9.66. The molecule has 0 radical (unpaired) electrons. The van der Waals surface area contributed by atoms with Gasteiger partial charge in [0, 0.05) is 0 Å². The molecule has 0 amide bonds. The van der Waals surface area contributed by atoms with E-state index in [-0.39, 0.29) is 6.42 Å². The third kappa shape index (κ3) is 2.94. The van der Waals surface area contributed by atoms with Gasteiger partial charge in [-0.15, -0.1) is 0 Å². The predicted octanol–water partition coefficient (Wildman–Crippen LogP) is 1.34. The Balaban J connectivity index is 3.10. The monoisotopic (exact) mass is 258 g/mol. The van der Waals surface area contributed by atoms with Gasteiger partial charge in [-0.25, -0.2) is 0 Å². The third-order valence-electron chi connectivity index (χ3n) is 2.66. The minimum Gasteiger partial charge on any atom is -0.468 e. The van der Waals surface area contributed by atoms with Gasteiger partial charge in [-0.3, -0.25) is 9.36 Å². The first-order valence-corrected chi connectivity index (χ1v) is 6.60. The Morgan fingerprint density at radius 1 is 1.35 bits per heavy atom. The summed E-state index contributed by atoms with van der Waals surface area (Å²) in [5, 5.41) is -1.84. The van der Waals surface area contributed by atoms with Gasteiger partial charge in [-0.05, 0) is 18.9 Å². The molecule has 2 N–H and O–H groups in total. The molecule has 17 heavy (non-hydrogen) atoms. The van der Waals surface area contributed by atoms with Gasteiger partial charge in [-0.2, -0.15) is 0 Å². The van der Waals surface area contributed by atoms with Gasteiger partial charge in [0.15, 0.2) is 5.16 Å². The molecule has 0 aromatic heterocycles. The van der Waals surface area contributed by atoms with E-state index in [0.29, 0.717) is 5.56 Å². The summed E-state index contributed by atoms with van der Waals surface area (Å²) in [6.45, 7) is 1.21. The highest BCUT2D eigenvalue weighted by molar-refractivity contribution is 7.54. The molecular formula is C11H15O5P. The molecule has 6 heteroatoms. The van der Waals surface area contributed by atoms with Crippen LogP contribution in [0.15, 0.2) is 30.3 Å². The second kappa shape index (κ2) is 5.00. The van der Waals surface area contributed by atoms with Crippen LogP contribution in [0, 0.1) is 0 Å². The molecule has 0 aliphatic carbocycles. The highest BCUT2D eigenvalue weighted by Gasteiger charge is 2.50. The van der Waals surface area contributed by atoms with E-state index in [1.807, 2.05) is 0 Å². The van der Waals surface area contributed by atoms with Gasteiger partial charge in [0.2, 0.25) is 0 Å². The van der Waals surface area contributed by atoms with Crippen molar-refractivity contribution in [3.8, 4) is 0 Å². The molecule has 94 valence electrons. The molecule has 1 aromatic rings. The Morgan fingerprint density at radius 3 is 2.29 bits per heavy atom. The minimum atomic E-state index is -4.60. The summed E-state index contributed by atoms with van der Waals surface area (Å²) in [6.07, 6.45) is -0.0647. The number of ether oxygens (including phenoxy) is 1. The van der Waals surface area contributed by atoms with Gasteiger partial charge < -0.3 is 14.5 Å². The average molecular weight is 258 g/mol. The van der Waals surface area contributed by atoms with Crippen LogP contribution in [0.3, 0.4) is 0 Å². The quantitative estimate of drug-likeness (QED) is 0.629. The van der Waals surface area contributed by atoms with Gasteiger partial charge in [0.05, 0.1) is 7.11 Å². The van der Waals surface area contributed by atoms with Crippen molar-refractivity contribution in [1.82, 2.24) is 0 Å². The standard InChI is InChI=1S/C11H15O5P/c1-11(10(12)16-2,17(13,14)15)8-9-6-4-3-5-7-9/h3-7H,8H2,1-2H3,(H2,13,14,15). The van der Waals surface area contributed by atoms with Crippen LogP contribution in [0.2, 0.25) is 0 Å². The molecule has 0 aliphatic rings. The SMILES string of the molecule is COC(=O)C(C)(Cc1ccccc1)P(=O)(O)O. The average Bonchev–Trinajstić information content (AvgIpc) is 2.27. The number of rotatable bonds is 4. The Morgan fingerprint density at radius 2 is 1.88 bits per heavy atom. The van der Waals surface area contributed by atoms with Gasteiger partial charge >= 0.3 is 13.6 Å². The number of benzene rings is 1. The van der Waals surface area contributed by atoms with Crippen molar-refractivity contribution < 1.29 is 23.9 Å². The number of carbonyl (C=O) groups is 1. The largest absolute Gasteiger partial charge is 0.468 e. The molecule has 5 nitrogen and oxygen atoms in total. The predicted molar refractivity (Wildman–Crippen MR) is 62.6 cm³/mol. The van der Waals surface area contributed by atoms with E-state index in [4.69, 9.17) is 0 Å². The van der Waals surface area contributed by atoms with E-state index >= 15 is 0 Å². The number of carbonyl (C=O) groups excluding carboxylic acids is 1. The van der Waals surface area contributed by atoms with E-state index in [2.05, 4.69) is 4.74 Å². The Bertz CT molecular complexity index is 438. The molecule has 0 saturated carbocycles. The summed E-state index contributed by atoms with van der Waals surface area (Å²) >= 11 is 0. The van der Waals surface area contributed by atoms with Crippen molar-refractivity contribution in [1.29, 1.82) is 0 Å². The molecule has 0 heterocycles. The summed E-state index contributed by atoms with van der Waals surface area (Å²) in [7, 11) is -3.49. The van der Waals surface area contributed by atoms with E-state index in [0.717, 1.165) is 7.11 Å². The molecule has 0 saturated heterocycles. The van der Waals surface area contributed by atoms with Crippen molar-refractivity contribution in [3.63, 3.8) is 0 Å². The van der Waals surface area contributed by atoms with Crippen LogP contribution in [0.25, 0.3) is 0 Å². The number of esters is 1. The third-order valence-corrected chi connectivity index (χ3v) is 4.29. The van der Waals surface area contributed by atoms with Crippen molar-refractivity contribution in [2.24, 2.45) is 0 Å². The highest BCUT2D eigenvalue weighted by atomic mass is 31.2. The van der Waals surface area contributed by atoms with Crippen molar-refractivity contribution in [2.75, 3.05) is 7.11 Å². The lowest BCUT2D eigenvalue weighted by atomic mass is 10.0. The summed E-state index contributed by atoms with van der Waals surface area (Å²) in [5.41, 5.74) is 0.670. The van der Waals surface area contributed by atoms with E-state index in [1.165, 1.54) is 6.92 Å². The van der Waals surface area contributed by atoms with E-state index < -0.39 is 18.7 Å². The minimum absolute atomic E-state index is 0.0647. The van der Waals surface area contributed by atoms with Crippen molar-refractivity contribution >= 4 is 13.6 Å². The van der Waals surface area contributed by atoms with Gasteiger partial charge in [0.25, 0.3) is 0 Å². The van der Waals surface area contributed by atoms with Gasteiger partial charge in [0.1, 0.15) is 0 Å². The maximum absolute atomic E-state index is 11.6. The second-order valence-corrected chi connectivity index (χ2v) is 6.05. The zero-order valence-corrected chi connectivity index (χ0v) is 10.6.